The summed E-state index contributed by atoms with van der Waals surface area (Å²) in [5.41, 5.74) is 6.78. The maximum Gasteiger partial charge on any atom is 0.0938 e. The van der Waals surface area contributed by atoms with Crippen molar-refractivity contribution in [2.75, 3.05) is 23.9 Å². The van der Waals surface area contributed by atoms with Crippen LogP contribution in [0.15, 0.2) is 60.7 Å². The van der Waals surface area contributed by atoms with Crippen LogP contribution in [-0.4, -0.2) is 36.1 Å². The molecule has 4 aromatic rings. The van der Waals surface area contributed by atoms with Gasteiger partial charge in [0.2, 0.25) is 0 Å². The number of hydrogen-bond donors (Lipinski definition) is 0. The fourth-order valence-electron chi connectivity index (χ4n) is 5.38. The molecule has 2 heterocycles. The highest BCUT2D eigenvalue weighted by molar-refractivity contribution is 5.92. The minimum Gasteiger partial charge on any atom is -0.368 e. The van der Waals surface area contributed by atoms with Crippen LogP contribution in [0, 0.1) is 13.8 Å². The van der Waals surface area contributed by atoms with Crippen molar-refractivity contribution in [1.82, 2.24) is 9.97 Å². The Morgan fingerprint density at radius 3 is 1.50 bits per heavy atom. The Hall–Kier alpha value is -3.14. The summed E-state index contributed by atoms with van der Waals surface area (Å²) in [4.78, 5) is 14.8. The Labute approximate surface area is 190 Å². The van der Waals surface area contributed by atoms with Gasteiger partial charge >= 0.3 is 0 Å². The van der Waals surface area contributed by atoms with Crippen molar-refractivity contribution < 1.29 is 0 Å². The second-order valence-electron chi connectivity index (χ2n) is 9.24. The van der Waals surface area contributed by atoms with Crippen molar-refractivity contribution >= 4 is 33.2 Å². The van der Waals surface area contributed by atoms with Gasteiger partial charge in [-0.2, -0.15) is 0 Å². The average Bonchev–Trinajstić information content (AvgIpc) is 2.82. The van der Waals surface area contributed by atoms with Gasteiger partial charge in [-0.1, -0.05) is 49.2 Å². The molecule has 1 saturated carbocycles. The van der Waals surface area contributed by atoms with Crippen LogP contribution in [0.5, 0.6) is 0 Å². The van der Waals surface area contributed by atoms with Crippen molar-refractivity contribution in [1.29, 1.82) is 0 Å². The average molecular weight is 425 g/mol. The van der Waals surface area contributed by atoms with Gasteiger partial charge in [0, 0.05) is 48.3 Å². The SMILES string of the molecule is Cc1ccc2cccc(N(C)[C@H]3CCCC[C@@H]3N(C)c3cccc4ccc(C)nc34)c2n1. The van der Waals surface area contributed by atoms with E-state index in [1.807, 2.05) is 0 Å². The molecule has 0 amide bonds. The van der Waals surface area contributed by atoms with Gasteiger partial charge in [0.1, 0.15) is 0 Å². The summed E-state index contributed by atoms with van der Waals surface area (Å²) < 4.78 is 0. The van der Waals surface area contributed by atoms with Crippen LogP contribution >= 0.6 is 0 Å². The molecule has 2 aromatic carbocycles. The summed E-state index contributed by atoms with van der Waals surface area (Å²) in [5, 5.41) is 2.41. The smallest absolute Gasteiger partial charge is 0.0938 e. The predicted molar refractivity (Wildman–Crippen MR) is 136 cm³/mol. The Balaban J connectivity index is 1.54. The number of nitrogens with zero attached hydrogens (tertiary/aromatic N) is 4. The maximum atomic E-state index is 4.90. The van der Waals surface area contributed by atoms with Crippen LogP contribution < -0.4 is 9.80 Å². The lowest BCUT2D eigenvalue weighted by molar-refractivity contribution is 0.364. The summed E-state index contributed by atoms with van der Waals surface area (Å²) >= 11 is 0. The lowest BCUT2D eigenvalue weighted by atomic mass is 9.87. The molecule has 0 saturated heterocycles. The van der Waals surface area contributed by atoms with E-state index >= 15 is 0 Å². The fraction of sp³-hybridized carbons (Fsp3) is 0.357. The Kier molecular flexibility index (Phi) is 5.46. The highest BCUT2D eigenvalue weighted by Crippen LogP contribution is 2.35. The molecule has 2 aromatic heterocycles. The van der Waals surface area contributed by atoms with Crippen molar-refractivity contribution in [2.24, 2.45) is 0 Å². The molecule has 0 radical (unpaired) electrons. The Morgan fingerprint density at radius 2 is 1.06 bits per heavy atom. The molecule has 0 N–H and O–H groups in total. The molecule has 0 spiro atoms. The van der Waals surface area contributed by atoms with Crippen molar-refractivity contribution in [3.05, 3.63) is 72.1 Å². The second-order valence-corrected chi connectivity index (χ2v) is 9.24. The zero-order chi connectivity index (χ0) is 22.2. The number of para-hydroxylation sites is 2. The molecular weight excluding hydrogens is 392 g/mol. The molecule has 1 fully saturated rings. The van der Waals surface area contributed by atoms with E-state index in [0.717, 1.165) is 22.4 Å². The first-order valence-electron chi connectivity index (χ1n) is 11.7. The number of aromatic nitrogens is 2. The quantitative estimate of drug-likeness (QED) is 0.386. The second kappa shape index (κ2) is 8.42. The first-order valence-corrected chi connectivity index (χ1v) is 11.7. The van der Waals surface area contributed by atoms with Gasteiger partial charge in [0.25, 0.3) is 0 Å². The van der Waals surface area contributed by atoms with E-state index in [4.69, 9.17) is 9.97 Å². The van der Waals surface area contributed by atoms with E-state index in [2.05, 4.69) is 98.4 Å². The zero-order valence-electron chi connectivity index (χ0n) is 19.5. The van der Waals surface area contributed by atoms with Gasteiger partial charge in [0.15, 0.2) is 0 Å². The molecule has 0 bridgehead atoms. The number of benzene rings is 2. The summed E-state index contributed by atoms with van der Waals surface area (Å²) in [7, 11) is 4.50. The maximum absolute atomic E-state index is 4.90. The Morgan fingerprint density at radius 1 is 0.625 bits per heavy atom. The third kappa shape index (κ3) is 3.68. The lowest BCUT2D eigenvalue weighted by Crippen LogP contribution is -2.51. The Bertz CT molecular complexity index is 1170. The molecule has 32 heavy (non-hydrogen) atoms. The third-order valence-corrected chi connectivity index (χ3v) is 7.13. The molecule has 1 aliphatic carbocycles. The van der Waals surface area contributed by atoms with Gasteiger partial charge in [-0.15, -0.1) is 0 Å². The van der Waals surface area contributed by atoms with Gasteiger partial charge in [-0.3, -0.25) is 9.97 Å². The highest BCUT2D eigenvalue weighted by Gasteiger charge is 2.33. The molecule has 1 aliphatic rings. The number of fused-ring (bicyclic) bond motifs is 2. The van der Waals surface area contributed by atoms with Crippen LogP contribution in [0.2, 0.25) is 0 Å². The van der Waals surface area contributed by atoms with Crippen molar-refractivity contribution in [3.63, 3.8) is 0 Å². The monoisotopic (exact) mass is 424 g/mol. The first kappa shape index (κ1) is 20.7. The van der Waals surface area contributed by atoms with Crippen molar-refractivity contribution in [3.8, 4) is 0 Å². The van der Waals surface area contributed by atoms with Gasteiger partial charge in [-0.05, 0) is 51.0 Å². The van der Waals surface area contributed by atoms with Gasteiger partial charge in [0.05, 0.1) is 22.4 Å². The van der Waals surface area contributed by atoms with Crippen LogP contribution in [0.1, 0.15) is 37.1 Å². The molecule has 0 unspecified atom stereocenters. The van der Waals surface area contributed by atoms with E-state index in [0.29, 0.717) is 12.1 Å². The zero-order valence-corrected chi connectivity index (χ0v) is 19.5. The first-order chi connectivity index (χ1) is 15.5. The summed E-state index contributed by atoms with van der Waals surface area (Å²) in [6.07, 6.45) is 4.91. The number of anilines is 2. The molecule has 2 atom stereocenters. The van der Waals surface area contributed by atoms with E-state index in [1.54, 1.807) is 0 Å². The largest absolute Gasteiger partial charge is 0.368 e. The molecule has 4 heteroatoms. The minimum atomic E-state index is 0.418. The highest BCUT2D eigenvalue weighted by atomic mass is 15.2. The fourth-order valence-corrected chi connectivity index (χ4v) is 5.38. The van der Waals surface area contributed by atoms with E-state index in [-0.39, 0.29) is 0 Å². The molecule has 4 nitrogen and oxygen atoms in total. The van der Waals surface area contributed by atoms with Crippen LogP contribution in [0.3, 0.4) is 0 Å². The van der Waals surface area contributed by atoms with Crippen LogP contribution in [-0.2, 0) is 0 Å². The van der Waals surface area contributed by atoms with E-state index < -0.39 is 0 Å². The number of aryl methyl sites for hydroxylation is 2. The predicted octanol–water partition coefficient (Wildman–Crippen LogP) is 6.28. The summed E-state index contributed by atoms with van der Waals surface area (Å²) in [5.74, 6) is 0. The normalized spacial score (nSPS) is 18.8. The molecule has 164 valence electrons. The molecular formula is C28H32N4. The number of rotatable bonds is 4. The van der Waals surface area contributed by atoms with Crippen LogP contribution in [0.25, 0.3) is 21.8 Å². The van der Waals surface area contributed by atoms with E-state index in [9.17, 15) is 0 Å². The lowest BCUT2D eigenvalue weighted by Gasteiger charge is -2.44. The molecule has 0 aliphatic heterocycles. The van der Waals surface area contributed by atoms with E-state index in [1.165, 1.54) is 47.8 Å². The standard InChI is InChI=1S/C28H32N4/c1-19-15-17-21-9-7-13-25(27(21)29-19)31(3)23-11-5-6-12-24(23)32(4)26-14-8-10-22-18-16-20(2)30-28(22)26/h7-10,13-18,23-24H,5-6,11-12H2,1-4H3/t23-,24-/m0/s1. The van der Waals surface area contributed by atoms with Gasteiger partial charge in [-0.25, -0.2) is 0 Å². The topological polar surface area (TPSA) is 32.3 Å². The van der Waals surface area contributed by atoms with Gasteiger partial charge < -0.3 is 9.80 Å². The summed E-state index contributed by atoms with van der Waals surface area (Å²) in [6, 6.07) is 22.5. The summed E-state index contributed by atoms with van der Waals surface area (Å²) in [6.45, 7) is 4.14. The number of likely N-dealkylation sites (N-methyl/N-ethyl adjacent to an activating group) is 2. The third-order valence-electron chi connectivity index (χ3n) is 7.13. The number of pyridine rings is 2. The number of hydrogen-bond acceptors (Lipinski definition) is 4. The van der Waals surface area contributed by atoms with Crippen molar-refractivity contribution in [2.45, 2.75) is 51.6 Å². The minimum absolute atomic E-state index is 0.418. The molecule has 5 rings (SSSR count). The van der Waals surface area contributed by atoms with Crippen LogP contribution in [0.4, 0.5) is 11.4 Å².